The predicted molar refractivity (Wildman–Crippen MR) is 68.1 cm³/mol. The van der Waals surface area contributed by atoms with Gasteiger partial charge in [-0.15, -0.1) is 0 Å². The molecule has 3 heteroatoms. The van der Waals surface area contributed by atoms with Crippen LogP contribution in [0.15, 0.2) is 48.2 Å². The molecule has 0 saturated carbocycles. The Morgan fingerprint density at radius 3 is 2.41 bits per heavy atom. The highest BCUT2D eigenvalue weighted by atomic mass is 16.2. The zero-order chi connectivity index (χ0) is 12.7. The minimum atomic E-state index is -0.318. The smallest absolute Gasteiger partial charge is 0.260 e. The van der Waals surface area contributed by atoms with E-state index in [1.807, 2.05) is 37.3 Å². The summed E-state index contributed by atoms with van der Waals surface area (Å²) in [4.78, 5) is 24.1. The number of benzene rings is 1. The molecule has 1 aromatic carbocycles. The fourth-order valence-corrected chi connectivity index (χ4v) is 1.37. The molecule has 1 amide bonds. The molecule has 0 unspecified atom stereocenters. The van der Waals surface area contributed by atoms with Crippen LogP contribution in [0.25, 0.3) is 6.08 Å². The van der Waals surface area contributed by atoms with Crippen molar-refractivity contribution < 1.29 is 9.59 Å². The second-order valence-corrected chi connectivity index (χ2v) is 3.53. The SMILES string of the molecule is CC=CN(C)C(=O)C(C=O)=Cc1ccccc1. The molecule has 0 aromatic heterocycles. The summed E-state index contributed by atoms with van der Waals surface area (Å²) in [7, 11) is 1.62. The highest BCUT2D eigenvalue weighted by Crippen LogP contribution is 2.07. The normalized spacial score (nSPS) is 11.5. The Morgan fingerprint density at radius 1 is 1.24 bits per heavy atom. The standard InChI is InChI=1S/C14H15NO2/c1-3-9-15(2)14(17)13(11-16)10-12-7-5-4-6-8-12/h3-11H,1-2H3. The maximum atomic E-state index is 11.8. The van der Waals surface area contributed by atoms with Crippen molar-refractivity contribution in [3.63, 3.8) is 0 Å². The molecule has 1 rings (SSSR count). The number of hydrogen-bond acceptors (Lipinski definition) is 2. The number of aldehydes is 1. The maximum Gasteiger partial charge on any atom is 0.260 e. The molecule has 1 aromatic rings. The van der Waals surface area contributed by atoms with Crippen molar-refractivity contribution >= 4 is 18.3 Å². The molecule has 0 aliphatic carbocycles. The van der Waals surface area contributed by atoms with Gasteiger partial charge < -0.3 is 4.90 Å². The average molecular weight is 229 g/mol. The van der Waals surface area contributed by atoms with Crippen molar-refractivity contribution in [2.24, 2.45) is 0 Å². The first-order valence-corrected chi connectivity index (χ1v) is 5.31. The van der Waals surface area contributed by atoms with E-state index in [9.17, 15) is 9.59 Å². The first-order chi connectivity index (χ1) is 8.19. The summed E-state index contributed by atoms with van der Waals surface area (Å²) < 4.78 is 0. The molecule has 0 aliphatic heterocycles. The van der Waals surface area contributed by atoms with Crippen LogP contribution in [0.1, 0.15) is 12.5 Å². The lowest BCUT2D eigenvalue weighted by molar-refractivity contribution is -0.124. The summed E-state index contributed by atoms with van der Waals surface area (Å²) in [6.07, 6.45) is 5.51. The number of amides is 1. The van der Waals surface area contributed by atoms with E-state index in [4.69, 9.17) is 0 Å². The highest BCUT2D eigenvalue weighted by Gasteiger charge is 2.11. The van der Waals surface area contributed by atoms with E-state index < -0.39 is 0 Å². The van der Waals surface area contributed by atoms with Crippen molar-refractivity contribution in [1.82, 2.24) is 4.90 Å². The van der Waals surface area contributed by atoms with Gasteiger partial charge in [-0.1, -0.05) is 36.4 Å². The van der Waals surface area contributed by atoms with Crippen LogP contribution < -0.4 is 0 Å². The lowest BCUT2D eigenvalue weighted by Crippen LogP contribution is -2.23. The lowest BCUT2D eigenvalue weighted by Gasteiger charge is -2.11. The summed E-state index contributed by atoms with van der Waals surface area (Å²) in [6, 6.07) is 9.27. The minimum Gasteiger partial charge on any atom is -0.318 e. The van der Waals surface area contributed by atoms with Gasteiger partial charge in [0.15, 0.2) is 6.29 Å². The Bertz CT molecular complexity index is 447. The van der Waals surface area contributed by atoms with E-state index >= 15 is 0 Å². The third kappa shape index (κ3) is 3.72. The van der Waals surface area contributed by atoms with Crippen LogP contribution in [0.3, 0.4) is 0 Å². The molecule has 17 heavy (non-hydrogen) atoms. The number of nitrogens with zero attached hydrogens (tertiary/aromatic N) is 1. The monoisotopic (exact) mass is 229 g/mol. The molecule has 0 radical (unpaired) electrons. The molecular weight excluding hydrogens is 214 g/mol. The summed E-state index contributed by atoms with van der Waals surface area (Å²) in [5.41, 5.74) is 0.966. The zero-order valence-corrected chi connectivity index (χ0v) is 9.96. The van der Waals surface area contributed by atoms with E-state index in [-0.39, 0.29) is 11.5 Å². The molecule has 0 saturated heterocycles. The number of hydrogen-bond donors (Lipinski definition) is 0. The van der Waals surface area contributed by atoms with Crippen molar-refractivity contribution in [3.8, 4) is 0 Å². The fraction of sp³-hybridized carbons (Fsp3) is 0.143. The third-order valence-electron chi connectivity index (χ3n) is 2.19. The Balaban J connectivity index is 2.96. The molecule has 3 nitrogen and oxygen atoms in total. The predicted octanol–water partition coefficient (Wildman–Crippen LogP) is 2.26. The van der Waals surface area contributed by atoms with Crippen molar-refractivity contribution in [1.29, 1.82) is 0 Å². The van der Waals surface area contributed by atoms with E-state index in [0.29, 0.717) is 6.29 Å². The van der Waals surface area contributed by atoms with Gasteiger partial charge in [-0.25, -0.2) is 0 Å². The van der Waals surface area contributed by atoms with E-state index in [1.54, 1.807) is 25.4 Å². The number of carbonyl (C=O) groups excluding carboxylic acids is 2. The van der Waals surface area contributed by atoms with E-state index in [2.05, 4.69) is 0 Å². The first kappa shape index (κ1) is 12.9. The summed E-state index contributed by atoms with van der Waals surface area (Å²) in [5.74, 6) is -0.318. The third-order valence-corrected chi connectivity index (χ3v) is 2.19. The Labute approximate surface area is 101 Å². The number of allylic oxidation sites excluding steroid dienone is 1. The quantitative estimate of drug-likeness (QED) is 0.344. The number of rotatable bonds is 4. The van der Waals surface area contributed by atoms with Gasteiger partial charge in [0.2, 0.25) is 0 Å². The average Bonchev–Trinajstić information content (AvgIpc) is 2.36. The van der Waals surface area contributed by atoms with Gasteiger partial charge in [-0.2, -0.15) is 0 Å². The van der Waals surface area contributed by atoms with Gasteiger partial charge in [0.25, 0.3) is 5.91 Å². The molecule has 0 aliphatic rings. The Kier molecular flexibility index (Phi) is 4.88. The first-order valence-electron chi connectivity index (χ1n) is 5.31. The summed E-state index contributed by atoms with van der Waals surface area (Å²) in [6.45, 7) is 1.81. The van der Waals surface area contributed by atoms with E-state index in [0.717, 1.165) is 5.56 Å². The van der Waals surface area contributed by atoms with Crippen LogP contribution in [0.4, 0.5) is 0 Å². The second kappa shape index (κ2) is 6.43. The van der Waals surface area contributed by atoms with Gasteiger partial charge in [0.05, 0.1) is 5.57 Å². The molecule has 88 valence electrons. The minimum absolute atomic E-state index is 0.136. The fourth-order valence-electron chi connectivity index (χ4n) is 1.37. The topological polar surface area (TPSA) is 37.4 Å². The van der Waals surface area contributed by atoms with Gasteiger partial charge in [0, 0.05) is 13.2 Å². The lowest BCUT2D eigenvalue weighted by atomic mass is 10.1. The van der Waals surface area contributed by atoms with Crippen LogP contribution in [0, 0.1) is 0 Å². The van der Waals surface area contributed by atoms with Gasteiger partial charge in [-0.3, -0.25) is 9.59 Å². The van der Waals surface area contributed by atoms with Crippen LogP contribution in [0.2, 0.25) is 0 Å². The molecule has 0 spiro atoms. The van der Waals surface area contributed by atoms with Crippen LogP contribution in [-0.4, -0.2) is 24.1 Å². The molecule has 0 N–H and O–H groups in total. The summed E-state index contributed by atoms with van der Waals surface area (Å²) >= 11 is 0. The molecule has 0 heterocycles. The zero-order valence-electron chi connectivity index (χ0n) is 9.96. The summed E-state index contributed by atoms with van der Waals surface area (Å²) in [5, 5.41) is 0. The van der Waals surface area contributed by atoms with Crippen LogP contribution in [0.5, 0.6) is 0 Å². The molecule has 0 bridgehead atoms. The molecular formula is C14H15NO2. The Hall–Kier alpha value is -2.16. The molecule has 0 atom stereocenters. The number of carbonyl (C=O) groups is 2. The van der Waals surface area contributed by atoms with Gasteiger partial charge >= 0.3 is 0 Å². The van der Waals surface area contributed by atoms with Crippen molar-refractivity contribution in [2.45, 2.75) is 6.92 Å². The Morgan fingerprint density at radius 2 is 1.88 bits per heavy atom. The van der Waals surface area contributed by atoms with Crippen LogP contribution in [-0.2, 0) is 9.59 Å². The largest absolute Gasteiger partial charge is 0.318 e. The van der Waals surface area contributed by atoms with Crippen molar-refractivity contribution in [2.75, 3.05) is 7.05 Å². The highest BCUT2D eigenvalue weighted by molar-refractivity contribution is 6.14. The maximum absolute atomic E-state index is 11.8. The number of likely N-dealkylation sites (N-methyl/N-ethyl adjacent to an activating group) is 1. The van der Waals surface area contributed by atoms with E-state index in [1.165, 1.54) is 4.90 Å². The van der Waals surface area contributed by atoms with Crippen molar-refractivity contribution in [3.05, 3.63) is 53.7 Å². The molecule has 0 fully saturated rings. The van der Waals surface area contributed by atoms with Gasteiger partial charge in [-0.05, 0) is 18.6 Å². The van der Waals surface area contributed by atoms with Crippen LogP contribution >= 0.6 is 0 Å². The second-order valence-electron chi connectivity index (χ2n) is 3.53. The van der Waals surface area contributed by atoms with Gasteiger partial charge in [0.1, 0.15) is 0 Å².